The van der Waals surface area contributed by atoms with Crippen LogP contribution in [0.1, 0.15) is 19.8 Å². The first-order chi connectivity index (χ1) is 6.82. The Labute approximate surface area is 87.1 Å². The second kappa shape index (κ2) is 2.70. The summed E-state index contributed by atoms with van der Waals surface area (Å²) in [5.74, 6) is -1.24. The molecular formula is C9H14N2O4. The fourth-order valence-electron chi connectivity index (χ4n) is 2.16. The zero-order valence-corrected chi connectivity index (χ0v) is 8.73. The van der Waals surface area contributed by atoms with Crippen LogP contribution in [0.4, 0.5) is 0 Å². The minimum absolute atomic E-state index is 0.234. The third-order valence-corrected chi connectivity index (χ3v) is 3.30. The molecule has 0 unspecified atom stereocenters. The molecule has 2 aliphatic heterocycles. The Hall–Kier alpha value is -1.14. The van der Waals surface area contributed by atoms with E-state index in [2.05, 4.69) is 0 Å². The molecule has 2 heterocycles. The van der Waals surface area contributed by atoms with Gasteiger partial charge in [-0.15, -0.1) is 0 Å². The fraction of sp³-hybridized carbons (Fsp3) is 0.778. The van der Waals surface area contributed by atoms with Crippen molar-refractivity contribution >= 4 is 11.8 Å². The van der Waals surface area contributed by atoms with Crippen LogP contribution in [-0.2, 0) is 9.59 Å². The van der Waals surface area contributed by atoms with E-state index in [1.54, 1.807) is 0 Å². The van der Waals surface area contributed by atoms with Crippen molar-refractivity contribution < 1.29 is 19.8 Å². The average Bonchev–Trinajstić information content (AvgIpc) is 2.56. The molecule has 2 amide bonds. The van der Waals surface area contributed by atoms with Crippen LogP contribution in [-0.4, -0.2) is 56.9 Å². The van der Waals surface area contributed by atoms with E-state index in [4.69, 9.17) is 0 Å². The van der Waals surface area contributed by atoms with Crippen LogP contribution in [0.5, 0.6) is 0 Å². The molecule has 0 radical (unpaired) electrons. The third-order valence-electron chi connectivity index (χ3n) is 3.30. The first kappa shape index (κ1) is 10.4. The minimum atomic E-state index is -1.85. The molecule has 0 aliphatic carbocycles. The van der Waals surface area contributed by atoms with E-state index in [0.29, 0.717) is 13.0 Å². The number of carbonyl (C=O) groups is 2. The zero-order chi connectivity index (χ0) is 11.4. The summed E-state index contributed by atoms with van der Waals surface area (Å²) in [4.78, 5) is 25.6. The van der Waals surface area contributed by atoms with Crippen LogP contribution < -0.4 is 0 Å². The molecule has 2 aliphatic rings. The molecule has 0 aromatic heterocycles. The van der Waals surface area contributed by atoms with E-state index in [1.807, 2.05) is 0 Å². The molecule has 2 fully saturated rings. The van der Waals surface area contributed by atoms with Gasteiger partial charge in [-0.25, -0.2) is 0 Å². The number of rotatable bonds is 0. The highest BCUT2D eigenvalue weighted by molar-refractivity contribution is 6.00. The number of piperazine rings is 1. The number of amides is 2. The van der Waals surface area contributed by atoms with E-state index < -0.39 is 23.3 Å². The second-order valence-corrected chi connectivity index (χ2v) is 4.26. The smallest absolute Gasteiger partial charge is 0.278 e. The van der Waals surface area contributed by atoms with Gasteiger partial charge < -0.3 is 20.0 Å². The zero-order valence-electron chi connectivity index (χ0n) is 8.73. The molecule has 0 aromatic carbocycles. The fourth-order valence-corrected chi connectivity index (χ4v) is 2.16. The molecular weight excluding hydrogens is 200 g/mol. The largest absolute Gasteiger partial charge is 0.363 e. The van der Waals surface area contributed by atoms with Crippen molar-refractivity contribution in [1.82, 2.24) is 9.80 Å². The molecule has 0 aromatic rings. The number of likely N-dealkylation sites (N-methyl/N-ethyl adjacent to an activating group) is 1. The topological polar surface area (TPSA) is 81.1 Å². The molecule has 2 rings (SSSR count). The molecule has 15 heavy (non-hydrogen) atoms. The highest BCUT2D eigenvalue weighted by Crippen LogP contribution is 2.36. The molecule has 2 saturated heterocycles. The highest BCUT2D eigenvalue weighted by Gasteiger charge is 2.60. The van der Waals surface area contributed by atoms with E-state index in [1.165, 1.54) is 14.0 Å². The van der Waals surface area contributed by atoms with Crippen molar-refractivity contribution in [3.05, 3.63) is 0 Å². The lowest BCUT2D eigenvalue weighted by Crippen LogP contribution is -2.73. The van der Waals surface area contributed by atoms with Crippen molar-refractivity contribution in [2.24, 2.45) is 0 Å². The molecule has 6 nitrogen and oxygen atoms in total. The molecule has 84 valence electrons. The maximum absolute atomic E-state index is 11.8. The number of hydrogen-bond acceptors (Lipinski definition) is 4. The predicted molar refractivity (Wildman–Crippen MR) is 49.3 cm³/mol. The number of hydrogen-bond donors (Lipinski definition) is 2. The van der Waals surface area contributed by atoms with Crippen LogP contribution in [0.15, 0.2) is 0 Å². The summed E-state index contributed by atoms with van der Waals surface area (Å²) in [7, 11) is 1.31. The van der Waals surface area contributed by atoms with Gasteiger partial charge in [0.1, 0.15) is 0 Å². The monoisotopic (exact) mass is 214 g/mol. The van der Waals surface area contributed by atoms with E-state index in [0.717, 1.165) is 9.80 Å². The first-order valence-electron chi connectivity index (χ1n) is 4.87. The predicted octanol–water partition coefficient (Wildman–Crippen LogP) is -1.52. The van der Waals surface area contributed by atoms with Crippen LogP contribution in [0.2, 0.25) is 0 Å². The van der Waals surface area contributed by atoms with Crippen molar-refractivity contribution in [1.29, 1.82) is 0 Å². The Bertz CT molecular complexity index is 339. The van der Waals surface area contributed by atoms with Crippen molar-refractivity contribution in [2.45, 2.75) is 31.2 Å². The molecule has 0 saturated carbocycles. The summed E-state index contributed by atoms with van der Waals surface area (Å²) in [6.07, 6.45) is 0.801. The first-order valence-corrected chi connectivity index (χ1v) is 4.87. The Morgan fingerprint density at radius 3 is 2.47 bits per heavy atom. The van der Waals surface area contributed by atoms with Gasteiger partial charge in [0, 0.05) is 20.0 Å². The molecule has 0 spiro atoms. The summed E-state index contributed by atoms with van der Waals surface area (Å²) < 4.78 is 0. The number of fused-ring (bicyclic) bond motifs is 1. The maximum atomic E-state index is 11.8. The van der Waals surface area contributed by atoms with E-state index in [9.17, 15) is 19.8 Å². The SMILES string of the molecule is CN1C(=O)[C@]2(O)CCCN2C(=O)[C@]1(C)O. The second-order valence-electron chi connectivity index (χ2n) is 4.26. The van der Waals surface area contributed by atoms with Crippen molar-refractivity contribution in [3.63, 3.8) is 0 Å². The minimum Gasteiger partial charge on any atom is -0.363 e. The van der Waals surface area contributed by atoms with E-state index >= 15 is 0 Å². The molecule has 2 N–H and O–H groups in total. The summed E-state index contributed by atoms with van der Waals surface area (Å²) >= 11 is 0. The quantitative estimate of drug-likeness (QED) is 0.513. The summed E-state index contributed by atoms with van der Waals surface area (Å²) in [5.41, 5.74) is -3.60. The lowest BCUT2D eigenvalue weighted by molar-refractivity contribution is -0.221. The Morgan fingerprint density at radius 1 is 1.27 bits per heavy atom. The molecule has 6 heteroatoms. The number of aliphatic hydroxyl groups is 2. The standard InChI is InChI=1S/C9H14N2O4/c1-8(14)6(12)11-5-3-4-9(11,15)7(13)10(8)2/h14-15H,3-5H2,1-2H3/t8-,9+/m0/s1. The Morgan fingerprint density at radius 2 is 1.87 bits per heavy atom. The van der Waals surface area contributed by atoms with Gasteiger partial charge >= 0.3 is 0 Å². The summed E-state index contributed by atoms with van der Waals surface area (Å²) in [5, 5.41) is 19.9. The third kappa shape index (κ3) is 1.06. The van der Waals surface area contributed by atoms with Crippen molar-refractivity contribution in [3.8, 4) is 0 Å². The summed E-state index contributed by atoms with van der Waals surface area (Å²) in [6.45, 7) is 1.57. The van der Waals surface area contributed by atoms with Gasteiger partial charge in [0.15, 0.2) is 0 Å². The average molecular weight is 214 g/mol. The van der Waals surface area contributed by atoms with Gasteiger partial charge in [0.05, 0.1) is 0 Å². The van der Waals surface area contributed by atoms with Gasteiger partial charge in [-0.05, 0) is 13.3 Å². The highest BCUT2D eigenvalue weighted by atomic mass is 16.4. The van der Waals surface area contributed by atoms with Gasteiger partial charge in [-0.1, -0.05) is 0 Å². The summed E-state index contributed by atoms with van der Waals surface area (Å²) in [6, 6.07) is 0. The number of carbonyl (C=O) groups excluding carboxylic acids is 2. The molecule has 0 bridgehead atoms. The van der Waals surface area contributed by atoms with Crippen molar-refractivity contribution in [2.75, 3.05) is 13.6 Å². The van der Waals surface area contributed by atoms with Crippen LogP contribution in [0.3, 0.4) is 0 Å². The van der Waals surface area contributed by atoms with Gasteiger partial charge in [-0.3, -0.25) is 9.59 Å². The normalized spacial score (nSPS) is 41.1. The Kier molecular flexibility index (Phi) is 1.87. The lowest BCUT2D eigenvalue weighted by Gasteiger charge is -2.47. The van der Waals surface area contributed by atoms with Gasteiger partial charge in [-0.2, -0.15) is 0 Å². The van der Waals surface area contributed by atoms with Gasteiger partial charge in [0.25, 0.3) is 11.8 Å². The molecule has 2 atom stereocenters. The van der Waals surface area contributed by atoms with Gasteiger partial charge in [0.2, 0.25) is 11.4 Å². The van der Waals surface area contributed by atoms with Crippen LogP contribution in [0, 0.1) is 0 Å². The maximum Gasteiger partial charge on any atom is 0.278 e. The van der Waals surface area contributed by atoms with Crippen LogP contribution >= 0.6 is 0 Å². The number of nitrogens with zero attached hydrogens (tertiary/aromatic N) is 2. The van der Waals surface area contributed by atoms with Crippen LogP contribution in [0.25, 0.3) is 0 Å². The lowest BCUT2D eigenvalue weighted by atomic mass is 10.0. The van der Waals surface area contributed by atoms with E-state index in [-0.39, 0.29) is 6.42 Å². The Balaban J connectivity index is 2.48.